The monoisotopic (exact) mass is 308 g/mol. The van der Waals surface area contributed by atoms with Gasteiger partial charge in [-0.3, -0.25) is 19.6 Å². The third kappa shape index (κ3) is 3.19. The lowest BCUT2D eigenvalue weighted by atomic mass is 10.2. The average Bonchev–Trinajstić information content (AvgIpc) is 2.78. The molecule has 1 heterocycles. The topological polar surface area (TPSA) is 81.3 Å². The molecule has 0 saturated heterocycles. The van der Waals surface area contributed by atoms with Gasteiger partial charge in [0.2, 0.25) is 0 Å². The second-order valence-electron chi connectivity index (χ2n) is 4.53. The van der Waals surface area contributed by atoms with E-state index in [0.717, 1.165) is 0 Å². The highest BCUT2D eigenvalue weighted by Crippen LogP contribution is 2.18. The number of aromatic nitrogens is 2. The quantitative estimate of drug-likeness (QED) is 0.641. The Morgan fingerprint density at radius 2 is 2.24 bits per heavy atom. The van der Waals surface area contributed by atoms with E-state index in [1.54, 1.807) is 18.8 Å². The van der Waals surface area contributed by atoms with Gasteiger partial charge in [0.05, 0.1) is 28.4 Å². The van der Waals surface area contributed by atoms with Crippen LogP contribution in [0.2, 0.25) is 5.02 Å². The molecule has 0 radical (unpaired) electrons. The molecule has 0 aliphatic rings. The Bertz CT molecular complexity index is 679. The molecule has 0 unspecified atom stereocenters. The Morgan fingerprint density at radius 3 is 2.81 bits per heavy atom. The van der Waals surface area contributed by atoms with Crippen LogP contribution < -0.4 is 0 Å². The minimum atomic E-state index is -0.533. The van der Waals surface area contributed by atoms with Gasteiger partial charge in [0, 0.05) is 31.8 Å². The summed E-state index contributed by atoms with van der Waals surface area (Å²) in [6.07, 6.45) is 1.50. The smallest absolute Gasteiger partial charge is 0.270 e. The summed E-state index contributed by atoms with van der Waals surface area (Å²) in [5, 5.41) is 15.2. The summed E-state index contributed by atoms with van der Waals surface area (Å²) in [4.78, 5) is 23.9. The molecule has 0 saturated carbocycles. The molecule has 0 bridgehead atoms. The standard InChI is InChI=1S/C13H13ClN4O3/c1-16(8-12-11(14)7-15-17(12)2)13(19)9-4-3-5-10(6-9)18(20)21/h3-7H,8H2,1-2H3. The number of hydrogen-bond donors (Lipinski definition) is 0. The first-order valence-corrected chi connectivity index (χ1v) is 6.44. The number of non-ortho nitro benzene ring substituents is 1. The molecule has 0 aliphatic heterocycles. The van der Waals surface area contributed by atoms with Crippen LogP contribution >= 0.6 is 11.6 Å². The third-order valence-electron chi connectivity index (χ3n) is 3.05. The first kappa shape index (κ1) is 15.0. The van der Waals surface area contributed by atoms with E-state index in [1.807, 2.05) is 0 Å². The Kier molecular flexibility index (Phi) is 4.23. The van der Waals surface area contributed by atoms with Crippen LogP contribution in [0, 0.1) is 10.1 Å². The summed E-state index contributed by atoms with van der Waals surface area (Å²) in [5.41, 5.74) is 0.829. The largest absolute Gasteiger partial charge is 0.336 e. The molecule has 7 nitrogen and oxygen atoms in total. The van der Waals surface area contributed by atoms with Gasteiger partial charge in [-0.25, -0.2) is 0 Å². The van der Waals surface area contributed by atoms with E-state index in [1.165, 1.54) is 35.4 Å². The molecule has 8 heteroatoms. The highest BCUT2D eigenvalue weighted by Gasteiger charge is 2.17. The summed E-state index contributed by atoms with van der Waals surface area (Å²) in [6, 6.07) is 5.62. The number of carbonyl (C=O) groups is 1. The zero-order valence-electron chi connectivity index (χ0n) is 11.5. The number of nitro benzene ring substituents is 1. The number of benzene rings is 1. The average molecular weight is 309 g/mol. The Morgan fingerprint density at radius 1 is 1.52 bits per heavy atom. The summed E-state index contributed by atoms with van der Waals surface area (Å²) in [7, 11) is 3.33. The molecule has 21 heavy (non-hydrogen) atoms. The lowest BCUT2D eigenvalue weighted by Gasteiger charge is -2.17. The van der Waals surface area contributed by atoms with Gasteiger partial charge in [-0.15, -0.1) is 0 Å². The van der Waals surface area contributed by atoms with Crippen molar-refractivity contribution in [1.29, 1.82) is 0 Å². The van der Waals surface area contributed by atoms with Gasteiger partial charge in [0.25, 0.3) is 11.6 Å². The van der Waals surface area contributed by atoms with Crippen molar-refractivity contribution in [2.75, 3.05) is 7.05 Å². The van der Waals surface area contributed by atoms with Crippen LogP contribution in [0.15, 0.2) is 30.5 Å². The molecule has 1 aromatic heterocycles. The maximum absolute atomic E-state index is 12.3. The number of nitrogens with zero attached hydrogens (tertiary/aromatic N) is 4. The Hall–Kier alpha value is -2.41. The van der Waals surface area contributed by atoms with Gasteiger partial charge in [-0.05, 0) is 6.07 Å². The molecule has 2 aromatic rings. The first-order chi connectivity index (χ1) is 9.90. The lowest BCUT2D eigenvalue weighted by molar-refractivity contribution is -0.384. The van der Waals surface area contributed by atoms with Gasteiger partial charge in [-0.2, -0.15) is 5.10 Å². The maximum Gasteiger partial charge on any atom is 0.270 e. The summed E-state index contributed by atoms with van der Waals surface area (Å²) in [6.45, 7) is 0.261. The number of halogens is 1. The summed E-state index contributed by atoms with van der Waals surface area (Å²) in [5.74, 6) is -0.323. The van der Waals surface area contributed by atoms with Gasteiger partial charge < -0.3 is 4.90 Å². The van der Waals surface area contributed by atoms with Crippen LogP contribution in [-0.4, -0.2) is 32.6 Å². The SMILES string of the molecule is CN(Cc1c(Cl)cnn1C)C(=O)c1cccc([N+](=O)[O-])c1. The number of rotatable bonds is 4. The van der Waals surface area contributed by atoms with Crippen LogP contribution in [0.1, 0.15) is 16.1 Å². The molecule has 0 spiro atoms. The van der Waals surface area contributed by atoms with Crippen LogP contribution in [0.4, 0.5) is 5.69 Å². The molecule has 0 atom stereocenters. The number of hydrogen-bond acceptors (Lipinski definition) is 4. The Balaban J connectivity index is 2.20. The molecule has 2 rings (SSSR count). The molecule has 0 fully saturated rings. The molecular weight excluding hydrogens is 296 g/mol. The second-order valence-corrected chi connectivity index (χ2v) is 4.94. The first-order valence-electron chi connectivity index (χ1n) is 6.06. The van der Waals surface area contributed by atoms with E-state index in [0.29, 0.717) is 10.7 Å². The normalized spacial score (nSPS) is 10.4. The molecule has 0 aliphatic carbocycles. The second kappa shape index (κ2) is 5.92. The highest BCUT2D eigenvalue weighted by molar-refractivity contribution is 6.31. The van der Waals surface area contributed by atoms with Crippen molar-refractivity contribution >= 4 is 23.2 Å². The van der Waals surface area contributed by atoms with Crippen molar-refractivity contribution in [3.05, 3.63) is 56.9 Å². The number of nitro groups is 1. The molecule has 1 aromatic carbocycles. The molecule has 110 valence electrons. The van der Waals surface area contributed by atoms with Crippen molar-refractivity contribution in [3.63, 3.8) is 0 Å². The molecule has 1 amide bonds. The summed E-state index contributed by atoms with van der Waals surface area (Å²) >= 11 is 6.00. The van der Waals surface area contributed by atoms with Crippen LogP contribution in [0.25, 0.3) is 0 Å². The van der Waals surface area contributed by atoms with Gasteiger partial charge >= 0.3 is 0 Å². The number of carbonyl (C=O) groups excluding carboxylic acids is 1. The van der Waals surface area contributed by atoms with Crippen LogP contribution in [0.3, 0.4) is 0 Å². The van der Waals surface area contributed by atoms with E-state index < -0.39 is 4.92 Å². The fraction of sp³-hybridized carbons (Fsp3) is 0.231. The van der Waals surface area contributed by atoms with Crippen molar-refractivity contribution in [2.24, 2.45) is 7.05 Å². The van der Waals surface area contributed by atoms with Gasteiger partial charge in [0.15, 0.2) is 0 Å². The minimum Gasteiger partial charge on any atom is -0.336 e. The van der Waals surface area contributed by atoms with E-state index in [9.17, 15) is 14.9 Å². The zero-order valence-corrected chi connectivity index (χ0v) is 12.2. The van der Waals surface area contributed by atoms with Crippen LogP contribution in [0.5, 0.6) is 0 Å². The van der Waals surface area contributed by atoms with Crippen molar-refractivity contribution in [3.8, 4) is 0 Å². The van der Waals surface area contributed by atoms with Gasteiger partial charge in [0.1, 0.15) is 0 Å². The number of aryl methyl sites for hydroxylation is 1. The zero-order chi connectivity index (χ0) is 15.6. The van der Waals surface area contributed by atoms with Gasteiger partial charge in [-0.1, -0.05) is 17.7 Å². The van der Waals surface area contributed by atoms with E-state index in [4.69, 9.17) is 11.6 Å². The maximum atomic E-state index is 12.3. The summed E-state index contributed by atoms with van der Waals surface area (Å²) < 4.78 is 1.58. The number of amides is 1. The predicted octanol–water partition coefficient (Wildman–Crippen LogP) is 2.25. The fourth-order valence-electron chi connectivity index (χ4n) is 1.88. The van der Waals surface area contributed by atoms with E-state index in [2.05, 4.69) is 5.10 Å². The van der Waals surface area contributed by atoms with Crippen molar-refractivity contribution in [1.82, 2.24) is 14.7 Å². The van der Waals surface area contributed by atoms with Crippen molar-refractivity contribution < 1.29 is 9.72 Å². The molecular formula is C13H13ClN4O3. The molecule has 0 N–H and O–H groups in total. The van der Waals surface area contributed by atoms with Crippen LogP contribution in [-0.2, 0) is 13.6 Å². The van der Waals surface area contributed by atoms with Crippen molar-refractivity contribution in [2.45, 2.75) is 6.54 Å². The predicted molar refractivity (Wildman–Crippen MR) is 77.1 cm³/mol. The van der Waals surface area contributed by atoms with E-state index in [-0.39, 0.29) is 23.7 Å². The minimum absolute atomic E-state index is 0.118. The van der Waals surface area contributed by atoms with E-state index >= 15 is 0 Å². The third-order valence-corrected chi connectivity index (χ3v) is 3.36. The highest BCUT2D eigenvalue weighted by atomic mass is 35.5. The lowest BCUT2D eigenvalue weighted by Crippen LogP contribution is -2.27. The Labute approximate surface area is 125 Å². The fourth-order valence-corrected chi connectivity index (χ4v) is 2.11.